The highest BCUT2D eigenvalue weighted by molar-refractivity contribution is 9.08. The predicted molar refractivity (Wildman–Crippen MR) is 41.7 cm³/mol. The van der Waals surface area contributed by atoms with Gasteiger partial charge in [-0.3, -0.25) is 0 Å². The summed E-state index contributed by atoms with van der Waals surface area (Å²) in [6.45, 7) is 0. The fraction of sp³-hybridized carbons (Fsp3) is 0.286. The largest absolute Gasteiger partial charge is 0.267 e. The first-order valence-electron chi connectivity index (χ1n) is 3.24. The van der Waals surface area contributed by atoms with Gasteiger partial charge in [0.1, 0.15) is 0 Å². The first-order chi connectivity index (χ1) is 6.07. The lowest BCUT2D eigenvalue weighted by atomic mass is 10.1. The summed E-state index contributed by atoms with van der Waals surface area (Å²) in [5.74, 6) is -3.08. The van der Waals surface area contributed by atoms with E-state index < -0.39 is 23.8 Å². The minimum absolute atomic E-state index is 0.0108. The van der Waals surface area contributed by atoms with Crippen molar-refractivity contribution < 1.29 is 17.6 Å². The number of aromatic nitrogens is 1. The molecule has 1 aromatic rings. The van der Waals surface area contributed by atoms with Crippen LogP contribution in [0.15, 0.2) is 6.20 Å². The van der Waals surface area contributed by atoms with E-state index in [0.29, 0.717) is 0 Å². The summed E-state index contributed by atoms with van der Waals surface area (Å²) < 4.78 is 49.6. The zero-order valence-electron chi connectivity index (χ0n) is 6.20. The molecule has 13 heavy (non-hydrogen) atoms. The Morgan fingerprint density at radius 3 is 2.46 bits per heavy atom. The maximum Gasteiger partial charge on any atom is 0.267 e. The van der Waals surface area contributed by atoms with Gasteiger partial charge < -0.3 is 0 Å². The summed E-state index contributed by atoms with van der Waals surface area (Å²) in [6, 6.07) is 0. The van der Waals surface area contributed by atoms with E-state index in [1.165, 1.54) is 0 Å². The lowest BCUT2D eigenvalue weighted by Gasteiger charge is -2.06. The quantitative estimate of drug-likeness (QED) is 0.451. The number of halogens is 5. The minimum atomic E-state index is -3.04. The summed E-state index contributed by atoms with van der Waals surface area (Å²) in [5, 5.41) is 0.0108. The molecule has 0 radical (unpaired) electrons. The summed E-state index contributed by atoms with van der Waals surface area (Å²) in [5.41, 5.74) is -0.974. The lowest BCUT2D eigenvalue weighted by molar-refractivity contribution is 0.143. The number of alkyl halides is 3. The average Bonchev–Trinajstić information content (AvgIpc) is 2.08. The highest BCUT2D eigenvalue weighted by atomic mass is 79.9. The molecule has 1 nitrogen and oxygen atoms in total. The molecule has 0 N–H and O–H groups in total. The zero-order chi connectivity index (χ0) is 10.0. The molecule has 0 aliphatic heterocycles. The molecule has 0 saturated carbocycles. The van der Waals surface area contributed by atoms with E-state index in [2.05, 4.69) is 20.9 Å². The topological polar surface area (TPSA) is 12.9 Å². The summed E-state index contributed by atoms with van der Waals surface area (Å²) >= 11 is 2.87. The Hall–Kier alpha value is -0.650. The fourth-order valence-electron chi connectivity index (χ4n) is 0.855. The summed E-state index contributed by atoms with van der Waals surface area (Å²) in [6.07, 6.45) is -2.15. The van der Waals surface area contributed by atoms with Gasteiger partial charge in [0.15, 0.2) is 5.82 Å². The van der Waals surface area contributed by atoms with Crippen molar-refractivity contribution in [2.75, 3.05) is 0 Å². The second-order valence-corrected chi connectivity index (χ2v) is 2.80. The lowest BCUT2D eigenvalue weighted by Crippen LogP contribution is -2.02. The van der Waals surface area contributed by atoms with E-state index in [1.807, 2.05) is 0 Å². The highest BCUT2D eigenvalue weighted by Gasteiger charge is 2.21. The molecule has 0 amide bonds. The van der Waals surface area contributed by atoms with Gasteiger partial charge in [0, 0.05) is 11.5 Å². The van der Waals surface area contributed by atoms with Crippen LogP contribution in [0.4, 0.5) is 17.6 Å². The van der Waals surface area contributed by atoms with Gasteiger partial charge in [-0.15, -0.1) is 0 Å². The SMILES string of the molecule is Fc1ncc(CBr)c(C(F)F)c1F. The van der Waals surface area contributed by atoms with Crippen molar-refractivity contribution in [1.29, 1.82) is 0 Å². The predicted octanol–water partition coefficient (Wildman–Crippen LogP) is 3.19. The molecule has 1 heterocycles. The van der Waals surface area contributed by atoms with Gasteiger partial charge in [-0.1, -0.05) is 15.9 Å². The highest BCUT2D eigenvalue weighted by Crippen LogP contribution is 2.27. The normalized spacial score (nSPS) is 10.9. The molecule has 0 spiro atoms. The van der Waals surface area contributed by atoms with E-state index in [0.717, 1.165) is 6.20 Å². The smallest absolute Gasteiger partial charge is 0.225 e. The third kappa shape index (κ3) is 1.99. The molecule has 1 rings (SSSR count). The van der Waals surface area contributed by atoms with Crippen LogP contribution in [0.25, 0.3) is 0 Å². The third-order valence-electron chi connectivity index (χ3n) is 1.46. The Kier molecular flexibility index (Phi) is 3.24. The number of hydrogen-bond donors (Lipinski definition) is 0. The first kappa shape index (κ1) is 10.4. The third-order valence-corrected chi connectivity index (χ3v) is 2.06. The molecule has 0 atom stereocenters. The Balaban J connectivity index is 3.32. The summed E-state index contributed by atoms with van der Waals surface area (Å²) in [7, 11) is 0. The molecule has 0 bridgehead atoms. The van der Waals surface area contributed by atoms with Crippen LogP contribution in [0.2, 0.25) is 0 Å². The van der Waals surface area contributed by atoms with E-state index in [9.17, 15) is 17.6 Å². The maximum atomic E-state index is 12.8. The standard InChI is InChI=1S/C7H4BrF4N/c8-1-3-2-13-7(12)5(9)4(3)6(10)11/h2,6H,1H2. The van der Waals surface area contributed by atoms with Crippen molar-refractivity contribution in [1.82, 2.24) is 4.98 Å². The van der Waals surface area contributed by atoms with Crippen LogP contribution in [-0.4, -0.2) is 4.98 Å². The molecule has 6 heteroatoms. The second kappa shape index (κ2) is 4.04. The van der Waals surface area contributed by atoms with Gasteiger partial charge in [-0.25, -0.2) is 18.2 Å². The zero-order valence-corrected chi connectivity index (χ0v) is 7.78. The van der Waals surface area contributed by atoms with E-state index in [1.54, 1.807) is 0 Å². The van der Waals surface area contributed by atoms with Crippen LogP contribution in [0.5, 0.6) is 0 Å². The van der Waals surface area contributed by atoms with Crippen LogP contribution in [0.3, 0.4) is 0 Å². The first-order valence-corrected chi connectivity index (χ1v) is 4.37. The molecule has 0 fully saturated rings. The average molecular weight is 258 g/mol. The molecule has 72 valence electrons. The van der Waals surface area contributed by atoms with Gasteiger partial charge in [-0.05, 0) is 5.56 Å². The van der Waals surface area contributed by atoms with Crippen LogP contribution in [0.1, 0.15) is 17.6 Å². The molecule has 1 aromatic heterocycles. The molecule has 0 unspecified atom stereocenters. The van der Waals surface area contributed by atoms with Gasteiger partial charge in [0.05, 0.1) is 5.56 Å². The number of rotatable bonds is 2. The fourth-order valence-corrected chi connectivity index (χ4v) is 1.30. The molecule has 0 aliphatic rings. The molecule has 0 saturated heterocycles. The Morgan fingerprint density at radius 2 is 2.00 bits per heavy atom. The summed E-state index contributed by atoms with van der Waals surface area (Å²) in [4.78, 5) is 2.99. The van der Waals surface area contributed by atoms with Crippen LogP contribution in [-0.2, 0) is 5.33 Å². The molecular weight excluding hydrogens is 254 g/mol. The molecule has 0 aromatic carbocycles. The van der Waals surface area contributed by atoms with Gasteiger partial charge in [0.2, 0.25) is 5.95 Å². The molecule has 0 aliphatic carbocycles. The van der Waals surface area contributed by atoms with Gasteiger partial charge in [0.25, 0.3) is 6.43 Å². The number of nitrogens with zero attached hydrogens (tertiary/aromatic N) is 1. The van der Waals surface area contributed by atoms with Crippen LogP contribution < -0.4 is 0 Å². The van der Waals surface area contributed by atoms with E-state index in [-0.39, 0.29) is 10.9 Å². The minimum Gasteiger partial charge on any atom is -0.225 e. The Labute approximate surface area is 79.9 Å². The van der Waals surface area contributed by atoms with Crippen molar-refractivity contribution in [2.45, 2.75) is 11.8 Å². The van der Waals surface area contributed by atoms with Crippen molar-refractivity contribution in [3.8, 4) is 0 Å². The van der Waals surface area contributed by atoms with Crippen molar-refractivity contribution in [2.24, 2.45) is 0 Å². The monoisotopic (exact) mass is 257 g/mol. The van der Waals surface area contributed by atoms with Crippen molar-refractivity contribution in [3.05, 3.63) is 29.1 Å². The van der Waals surface area contributed by atoms with Gasteiger partial charge >= 0.3 is 0 Å². The number of hydrogen-bond acceptors (Lipinski definition) is 1. The van der Waals surface area contributed by atoms with Crippen LogP contribution in [0, 0.1) is 11.8 Å². The van der Waals surface area contributed by atoms with Crippen LogP contribution >= 0.6 is 15.9 Å². The van der Waals surface area contributed by atoms with Crippen molar-refractivity contribution >= 4 is 15.9 Å². The molecular formula is C7H4BrF4N. The van der Waals surface area contributed by atoms with Crippen molar-refractivity contribution in [3.63, 3.8) is 0 Å². The number of pyridine rings is 1. The second-order valence-electron chi connectivity index (χ2n) is 2.24. The van der Waals surface area contributed by atoms with E-state index in [4.69, 9.17) is 0 Å². The Bertz CT molecular complexity index is 316. The maximum absolute atomic E-state index is 12.8. The van der Waals surface area contributed by atoms with E-state index >= 15 is 0 Å². The van der Waals surface area contributed by atoms with Gasteiger partial charge in [-0.2, -0.15) is 4.39 Å². The Morgan fingerprint density at radius 1 is 1.38 bits per heavy atom.